The fourth-order valence-electron chi connectivity index (χ4n) is 1.45. The van der Waals surface area contributed by atoms with Crippen LogP contribution in [0, 0.1) is 0 Å². The molecule has 4 nitrogen and oxygen atoms in total. The van der Waals surface area contributed by atoms with Crippen LogP contribution >= 0.6 is 28.8 Å². The van der Waals surface area contributed by atoms with Gasteiger partial charge in [0.05, 0.1) is 18.9 Å². The van der Waals surface area contributed by atoms with Crippen LogP contribution in [0.4, 0.5) is 0 Å². The molecular weight excluding hydrogens is 355 g/mol. The van der Waals surface area contributed by atoms with E-state index in [1.165, 1.54) is 23.1 Å². The third kappa shape index (κ3) is 6.94. The minimum Gasteiger partial charge on any atom is -0.322 e. The van der Waals surface area contributed by atoms with E-state index in [0.29, 0.717) is 13.2 Å². The lowest BCUT2D eigenvalue weighted by atomic mass is 10.1. The van der Waals surface area contributed by atoms with Gasteiger partial charge in [0.25, 0.3) is 5.69 Å². The lowest BCUT2D eigenvalue weighted by molar-refractivity contribution is 0.281. The van der Waals surface area contributed by atoms with Crippen molar-refractivity contribution in [1.29, 1.82) is 0 Å². The van der Waals surface area contributed by atoms with E-state index in [0.717, 1.165) is 15.7 Å². The second kappa shape index (κ2) is 10.6. The lowest BCUT2D eigenvalue weighted by Gasteiger charge is -2.19. The van der Waals surface area contributed by atoms with Gasteiger partial charge in [-0.1, -0.05) is 30.3 Å². The molecule has 1 aromatic carbocycles. The molecule has 122 valence electrons. The molecule has 0 heterocycles. The van der Waals surface area contributed by atoms with Gasteiger partial charge in [-0.25, -0.2) is 0 Å². The molecule has 0 saturated heterocycles. The maximum absolute atomic E-state index is 5.62. The highest BCUT2D eigenvalue weighted by Gasteiger charge is 2.22. The zero-order valence-corrected chi connectivity index (χ0v) is 16.5. The molecule has 0 atom stereocenters. The molecule has 0 unspecified atom stereocenters. The van der Waals surface area contributed by atoms with Crippen molar-refractivity contribution in [2.45, 2.75) is 20.8 Å². The van der Waals surface area contributed by atoms with Gasteiger partial charge in [-0.05, 0) is 55.8 Å². The predicted molar refractivity (Wildman–Crippen MR) is 105 cm³/mol. The van der Waals surface area contributed by atoms with E-state index in [1.807, 2.05) is 57.4 Å². The maximum atomic E-state index is 5.62. The fourth-order valence-corrected chi connectivity index (χ4v) is 7.83. The first-order chi connectivity index (χ1) is 10.5. The first kappa shape index (κ1) is 19.9. The molecule has 0 bridgehead atoms. The first-order valence-electron chi connectivity index (χ1n) is 6.85. The van der Waals surface area contributed by atoms with Gasteiger partial charge in [0.15, 0.2) is 4.38 Å². The van der Waals surface area contributed by atoms with Crippen LogP contribution in [0.15, 0.2) is 40.5 Å². The Morgan fingerprint density at radius 1 is 1.14 bits per heavy atom. The zero-order valence-electron chi connectivity index (χ0n) is 13.2. The minimum absolute atomic E-state index is 0.526. The molecule has 0 aliphatic heterocycles. The summed E-state index contributed by atoms with van der Waals surface area (Å²) in [6.07, 6.45) is 1.94. The van der Waals surface area contributed by atoms with Crippen LogP contribution in [-0.2, 0) is 20.9 Å². The number of rotatable bonds is 7. The normalized spacial score (nSPS) is 13.5. The van der Waals surface area contributed by atoms with Crippen molar-refractivity contribution in [2.24, 2.45) is 10.2 Å². The summed E-state index contributed by atoms with van der Waals surface area (Å²) in [6, 6.07) is 9.94. The predicted octanol–water partition coefficient (Wildman–Crippen LogP) is 5.16. The van der Waals surface area contributed by atoms with Crippen LogP contribution in [-0.4, -0.2) is 29.6 Å². The average Bonchev–Trinajstić information content (AvgIpc) is 2.52. The van der Waals surface area contributed by atoms with Crippen LogP contribution in [0.2, 0.25) is 0 Å². The van der Waals surface area contributed by atoms with Crippen molar-refractivity contribution < 1.29 is 9.05 Å². The van der Waals surface area contributed by atoms with E-state index >= 15 is 0 Å². The Morgan fingerprint density at radius 2 is 1.73 bits per heavy atom. The maximum Gasteiger partial charge on any atom is 0.254 e. The summed E-state index contributed by atoms with van der Waals surface area (Å²) in [5, 5.41) is 8.59. The van der Waals surface area contributed by atoms with E-state index in [1.54, 1.807) is 0 Å². The number of hydrogen-bond donors (Lipinski definition) is 0. The molecule has 0 aliphatic rings. The third-order valence-corrected chi connectivity index (χ3v) is 8.70. The number of thioether (sulfide) groups is 1. The Hall–Kier alpha value is -0.170. The van der Waals surface area contributed by atoms with Crippen LogP contribution in [0.5, 0.6) is 0 Å². The van der Waals surface area contributed by atoms with E-state index in [2.05, 4.69) is 10.2 Å². The van der Waals surface area contributed by atoms with Crippen LogP contribution in [0.3, 0.4) is 0 Å². The van der Waals surface area contributed by atoms with Gasteiger partial charge in [0, 0.05) is 0 Å². The lowest BCUT2D eigenvalue weighted by Crippen LogP contribution is -1.96. The minimum atomic E-state index is -2.39. The van der Waals surface area contributed by atoms with E-state index in [-0.39, 0.29) is 0 Å². The Balaban J connectivity index is 2.88. The average molecular weight is 377 g/mol. The van der Waals surface area contributed by atoms with E-state index in [4.69, 9.17) is 20.9 Å². The first-order valence-corrected chi connectivity index (χ1v) is 12.1. The van der Waals surface area contributed by atoms with Crippen molar-refractivity contribution >= 4 is 50.7 Å². The van der Waals surface area contributed by atoms with Gasteiger partial charge in [-0.3, -0.25) is 0 Å². The number of nitrogens with zero attached hydrogens (tertiary/aromatic N) is 2. The number of benzene rings is 1. The molecule has 0 fully saturated rings. The smallest absolute Gasteiger partial charge is 0.254 e. The van der Waals surface area contributed by atoms with Gasteiger partial charge in [0.1, 0.15) is 0 Å². The van der Waals surface area contributed by atoms with Gasteiger partial charge in [0.2, 0.25) is 0 Å². The summed E-state index contributed by atoms with van der Waals surface area (Å²) >= 11 is 8.36. The van der Waals surface area contributed by atoms with Gasteiger partial charge >= 0.3 is 0 Å². The molecule has 0 aliphatic carbocycles. The molecule has 0 amide bonds. The summed E-state index contributed by atoms with van der Waals surface area (Å²) in [5.41, 5.74) is -0.492. The van der Waals surface area contributed by atoms with Gasteiger partial charge in [-0.15, -0.1) is 16.9 Å². The third-order valence-electron chi connectivity index (χ3n) is 2.41. The number of hydrogen-bond acceptors (Lipinski definition) is 7. The summed E-state index contributed by atoms with van der Waals surface area (Å²) in [5.74, 6) is 0. The molecule has 1 rings (SSSR count). The summed E-state index contributed by atoms with van der Waals surface area (Å²) < 4.78 is 12.0. The van der Waals surface area contributed by atoms with Crippen LogP contribution in [0.1, 0.15) is 26.3 Å². The molecule has 0 radical (unpaired) electrons. The molecule has 22 heavy (non-hydrogen) atoms. The molecule has 8 heteroatoms. The second-order valence-electron chi connectivity index (χ2n) is 4.00. The Labute approximate surface area is 146 Å². The van der Waals surface area contributed by atoms with Crippen LogP contribution < -0.4 is 0 Å². The highest BCUT2D eigenvalue weighted by atomic mass is 32.9. The van der Waals surface area contributed by atoms with E-state index in [9.17, 15) is 0 Å². The molecule has 0 aromatic heterocycles. The molecule has 0 spiro atoms. The SMILES string of the molecule is CCOP(=S)(OCC)S/C(=N\N=C(/C)c1ccccc1)SC. The summed E-state index contributed by atoms with van der Waals surface area (Å²) in [7, 11) is 0. The molecule has 0 N–H and O–H groups in total. The fraction of sp³-hybridized carbons (Fsp3) is 0.429. The van der Waals surface area contributed by atoms with Crippen molar-refractivity contribution in [3.63, 3.8) is 0 Å². The highest BCUT2D eigenvalue weighted by molar-refractivity contribution is 8.78. The monoisotopic (exact) mass is 376 g/mol. The molecule has 1 aromatic rings. The van der Waals surface area contributed by atoms with Crippen LogP contribution in [0.25, 0.3) is 0 Å². The summed E-state index contributed by atoms with van der Waals surface area (Å²) in [4.78, 5) is 0. The zero-order chi connectivity index (χ0) is 16.4. The molecule has 0 saturated carbocycles. The molecular formula is C14H21N2O2PS3. The van der Waals surface area contributed by atoms with Gasteiger partial charge < -0.3 is 9.05 Å². The quantitative estimate of drug-likeness (QED) is 0.285. The van der Waals surface area contributed by atoms with Crippen molar-refractivity contribution in [3.05, 3.63) is 35.9 Å². The van der Waals surface area contributed by atoms with Gasteiger partial charge in [-0.2, -0.15) is 5.10 Å². The van der Waals surface area contributed by atoms with Crippen molar-refractivity contribution in [1.82, 2.24) is 0 Å². The van der Waals surface area contributed by atoms with E-state index < -0.39 is 5.69 Å². The Morgan fingerprint density at radius 3 is 2.23 bits per heavy atom. The largest absolute Gasteiger partial charge is 0.322 e. The summed E-state index contributed by atoms with van der Waals surface area (Å²) in [6.45, 7) is 6.81. The Kier molecular flexibility index (Phi) is 9.55. The standard InChI is InChI=1S/C14H21N2O2PS3/c1-5-17-19(20,18-6-2)22-14(21-4)16-15-12(3)13-10-8-7-9-11-13/h7-11H,5-6H2,1-4H3/b15-12+,16-14-. The highest BCUT2D eigenvalue weighted by Crippen LogP contribution is 2.62. The topological polar surface area (TPSA) is 43.2 Å². The van der Waals surface area contributed by atoms with Crippen molar-refractivity contribution in [3.8, 4) is 0 Å². The van der Waals surface area contributed by atoms with Crippen molar-refractivity contribution in [2.75, 3.05) is 19.5 Å². The second-order valence-corrected chi connectivity index (χ2v) is 11.2. The Bertz CT molecular complexity index is 554.